The molecule has 1 aliphatic heterocycles. The Labute approximate surface area is 68.6 Å². The number of ether oxygens (including phenoxy) is 1. The lowest BCUT2D eigenvalue weighted by atomic mass is 9.98. The summed E-state index contributed by atoms with van der Waals surface area (Å²) in [6.45, 7) is -1.16. The van der Waals surface area contributed by atoms with E-state index in [4.69, 9.17) is 20.4 Å². The van der Waals surface area contributed by atoms with E-state index < -0.39 is 30.7 Å². The lowest BCUT2D eigenvalue weighted by Gasteiger charge is -2.40. The van der Waals surface area contributed by atoms with Gasteiger partial charge >= 0.3 is 0 Å². The van der Waals surface area contributed by atoms with Gasteiger partial charge in [0, 0.05) is 0 Å². The molecule has 1 rings (SSSR count). The fourth-order valence-electron chi connectivity index (χ4n) is 1.03. The third-order valence-corrected chi connectivity index (χ3v) is 1.91. The van der Waals surface area contributed by atoms with Crippen LogP contribution in [0.15, 0.2) is 0 Å². The molecule has 3 unspecified atom stereocenters. The van der Waals surface area contributed by atoms with Gasteiger partial charge in [-0.1, -0.05) is 0 Å². The second kappa shape index (κ2) is 3.25. The Morgan fingerprint density at radius 2 is 1.92 bits per heavy atom. The molecular formula is C6H12O6. The van der Waals surface area contributed by atoms with E-state index in [1.54, 1.807) is 0 Å². The monoisotopic (exact) mass is 180 g/mol. The van der Waals surface area contributed by atoms with Gasteiger partial charge in [-0.05, 0) is 0 Å². The average Bonchev–Trinajstić information content (AvgIpc) is 2.09. The highest BCUT2D eigenvalue weighted by Gasteiger charge is 2.47. The molecule has 0 bridgehead atoms. The first kappa shape index (κ1) is 9.85. The van der Waals surface area contributed by atoms with Crippen LogP contribution < -0.4 is 0 Å². The summed E-state index contributed by atoms with van der Waals surface area (Å²) in [7, 11) is 0. The van der Waals surface area contributed by atoms with Crippen LogP contribution in [0.4, 0.5) is 0 Å². The van der Waals surface area contributed by atoms with Crippen molar-refractivity contribution in [1.29, 1.82) is 0 Å². The van der Waals surface area contributed by atoms with E-state index >= 15 is 0 Å². The van der Waals surface area contributed by atoms with Crippen molar-refractivity contribution >= 4 is 0 Å². The van der Waals surface area contributed by atoms with Gasteiger partial charge in [-0.2, -0.15) is 0 Å². The Balaban J connectivity index is 2.71. The van der Waals surface area contributed by atoms with E-state index in [0.717, 1.165) is 0 Å². The van der Waals surface area contributed by atoms with Crippen molar-refractivity contribution in [2.75, 3.05) is 13.2 Å². The van der Waals surface area contributed by atoms with Crippen LogP contribution in [-0.4, -0.2) is 62.8 Å². The van der Waals surface area contributed by atoms with Gasteiger partial charge in [0.15, 0.2) is 0 Å². The zero-order valence-corrected chi connectivity index (χ0v) is 6.29. The fourth-order valence-corrected chi connectivity index (χ4v) is 1.03. The zero-order valence-electron chi connectivity index (χ0n) is 6.29. The Kier molecular flexibility index (Phi) is 2.67. The van der Waals surface area contributed by atoms with Gasteiger partial charge in [0.2, 0.25) is 5.79 Å². The van der Waals surface area contributed by atoms with Crippen LogP contribution >= 0.6 is 0 Å². The van der Waals surface area contributed by atoms with Crippen LogP contribution in [0.25, 0.3) is 0 Å². The van der Waals surface area contributed by atoms with Gasteiger partial charge in [0.25, 0.3) is 0 Å². The lowest BCUT2D eigenvalue weighted by molar-refractivity contribution is -0.331. The molecular weight excluding hydrogens is 168 g/mol. The second-order valence-corrected chi connectivity index (χ2v) is 2.82. The van der Waals surface area contributed by atoms with Crippen molar-refractivity contribution < 1.29 is 30.3 Å². The smallest absolute Gasteiger partial charge is 0.218 e. The van der Waals surface area contributed by atoms with Crippen molar-refractivity contribution in [1.82, 2.24) is 0 Å². The zero-order chi connectivity index (χ0) is 9.35. The number of hydrogen-bond acceptors (Lipinski definition) is 6. The molecule has 0 aromatic carbocycles. The number of rotatable bonds is 1. The maximum atomic E-state index is 9.24. The Hall–Kier alpha value is -0.240. The number of aliphatic hydroxyl groups excluding tert-OH is 4. The molecule has 1 heterocycles. The molecule has 1 fully saturated rings. The maximum Gasteiger partial charge on any atom is 0.218 e. The fraction of sp³-hybridized carbons (Fsp3) is 1.00. The van der Waals surface area contributed by atoms with Gasteiger partial charge in [0.1, 0.15) is 18.3 Å². The Bertz CT molecular complexity index is 162. The summed E-state index contributed by atoms with van der Waals surface area (Å²) in [6.07, 6.45) is -4.45. The highest BCUT2D eigenvalue weighted by atomic mass is 16.7. The van der Waals surface area contributed by atoms with Gasteiger partial charge in [-0.15, -0.1) is 0 Å². The summed E-state index contributed by atoms with van der Waals surface area (Å²) < 4.78 is 4.56. The molecule has 5 N–H and O–H groups in total. The van der Waals surface area contributed by atoms with Crippen molar-refractivity contribution in [3.8, 4) is 0 Å². The summed E-state index contributed by atoms with van der Waals surface area (Å²) in [6, 6.07) is 0. The Morgan fingerprint density at radius 3 is 2.42 bits per heavy atom. The third-order valence-electron chi connectivity index (χ3n) is 1.91. The maximum absolute atomic E-state index is 9.24. The van der Waals surface area contributed by atoms with E-state index in [1.807, 2.05) is 0 Å². The molecule has 6 heteroatoms. The van der Waals surface area contributed by atoms with Crippen LogP contribution in [0.3, 0.4) is 0 Å². The van der Waals surface area contributed by atoms with E-state index in [2.05, 4.69) is 4.74 Å². The Morgan fingerprint density at radius 1 is 1.33 bits per heavy atom. The standard InChI is InChI=1S/C6H12O6/c7-2-6(11)5(10)4(9)3(8)1-12-6/h3-5,7-11H,1-2H2/t3?,4?,5-,6?/m1/s1. The summed E-state index contributed by atoms with van der Waals surface area (Å²) in [5.74, 6) is -2.17. The molecule has 72 valence electrons. The highest BCUT2D eigenvalue weighted by molar-refractivity contribution is 4.90. The first-order valence-corrected chi connectivity index (χ1v) is 3.52. The third kappa shape index (κ3) is 1.45. The molecule has 0 aliphatic carbocycles. The van der Waals surface area contributed by atoms with Crippen LogP contribution in [-0.2, 0) is 4.74 Å². The first-order chi connectivity index (χ1) is 5.51. The van der Waals surface area contributed by atoms with Gasteiger partial charge in [-0.3, -0.25) is 0 Å². The normalized spacial score (nSPS) is 49.2. The largest absolute Gasteiger partial charge is 0.391 e. The minimum Gasteiger partial charge on any atom is -0.391 e. The topological polar surface area (TPSA) is 110 Å². The average molecular weight is 180 g/mol. The van der Waals surface area contributed by atoms with E-state index in [1.165, 1.54) is 0 Å². The molecule has 1 saturated heterocycles. The van der Waals surface area contributed by atoms with E-state index in [9.17, 15) is 5.11 Å². The van der Waals surface area contributed by atoms with Crippen LogP contribution in [0, 0.1) is 0 Å². The number of aliphatic hydroxyl groups is 5. The molecule has 0 aromatic rings. The minimum atomic E-state index is -2.17. The molecule has 1 aliphatic rings. The molecule has 4 atom stereocenters. The van der Waals surface area contributed by atoms with E-state index in [-0.39, 0.29) is 6.61 Å². The van der Waals surface area contributed by atoms with Gasteiger partial charge in [0.05, 0.1) is 13.2 Å². The van der Waals surface area contributed by atoms with Crippen molar-refractivity contribution in [3.05, 3.63) is 0 Å². The lowest BCUT2D eigenvalue weighted by Crippen LogP contribution is -2.62. The van der Waals surface area contributed by atoms with Gasteiger partial charge in [-0.25, -0.2) is 0 Å². The molecule has 6 nitrogen and oxygen atoms in total. The van der Waals surface area contributed by atoms with Crippen LogP contribution in [0.2, 0.25) is 0 Å². The molecule has 12 heavy (non-hydrogen) atoms. The minimum absolute atomic E-state index is 0.324. The molecule has 0 spiro atoms. The quantitative estimate of drug-likeness (QED) is 0.290. The second-order valence-electron chi connectivity index (χ2n) is 2.82. The highest BCUT2D eigenvalue weighted by Crippen LogP contribution is 2.22. The summed E-state index contributed by atoms with van der Waals surface area (Å²) in [5, 5.41) is 45.0. The molecule has 0 saturated carbocycles. The van der Waals surface area contributed by atoms with Crippen molar-refractivity contribution in [2.45, 2.75) is 24.1 Å². The predicted octanol–water partition coefficient (Wildman–Crippen LogP) is -3.22. The molecule has 0 amide bonds. The van der Waals surface area contributed by atoms with E-state index in [0.29, 0.717) is 0 Å². The van der Waals surface area contributed by atoms with Crippen molar-refractivity contribution in [3.63, 3.8) is 0 Å². The predicted molar refractivity (Wildman–Crippen MR) is 36.0 cm³/mol. The number of hydrogen-bond donors (Lipinski definition) is 5. The van der Waals surface area contributed by atoms with Crippen LogP contribution in [0.1, 0.15) is 0 Å². The van der Waals surface area contributed by atoms with Gasteiger partial charge < -0.3 is 30.3 Å². The summed E-state index contributed by atoms with van der Waals surface area (Å²) >= 11 is 0. The first-order valence-electron chi connectivity index (χ1n) is 3.52. The SMILES string of the molecule is OCC1(O)OCC(O)C(O)[C@H]1O. The summed E-state index contributed by atoms with van der Waals surface area (Å²) in [4.78, 5) is 0. The molecule has 0 radical (unpaired) electrons. The molecule has 0 aromatic heterocycles. The van der Waals surface area contributed by atoms with Crippen molar-refractivity contribution in [2.24, 2.45) is 0 Å². The summed E-state index contributed by atoms with van der Waals surface area (Å²) in [5.41, 5.74) is 0. The van der Waals surface area contributed by atoms with Crippen LogP contribution in [0.5, 0.6) is 0 Å².